The maximum Gasteiger partial charge on any atom is 0.159 e. The van der Waals surface area contributed by atoms with Crippen molar-refractivity contribution in [2.45, 2.75) is 350 Å². The molecule has 0 aromatic heterocycles. The SMILES string of the molecule is CCCCCCCCCCCCCC(OCCCCCCCC)=C(COCOCOCC(OCCCCCCCC)=C(CCCCCCCCCCCCC)OCCCCCCCC)OCCCCCCCC. The highest BCUT2D eigenvalue weighted by Crippen LogP contribution is 2.23. The van der Waals surface area contributed by atoms with Gasteiger partial charge in [-0.2, -0.15) is 0 Å². The molecule has 0 spiro atoms. The van der Waals surface area contributed by atoms with Gasteiger partial charge in [0, 0.05) is 12.8 Å². The average Bonchev–Trinajstić information content (AvgIpc) is 3.40. The van der Waals surface area contributed by atoms with Gasteiger partial charge in [0.15, 0.2) is 11.5 Å². The van der Waals surface area contributed by atoms with Crippen molar-refractivity contribution in [3.63, 3.8) is 0 Å². The third-order valence-corrected chi connectivity index (χ3v) is 14.5. The summed E-state index contributed by atoms with van der Waals surface area (Å²) in [6.45, 7) is 17.6. The van der Waals surface area contributed by atoms with Crippen molar-refractivity contribution in [3.05, 3.63) is 23.0 Å². The molecule has 0 atom stereocenters. The molecule has 0 saturated carbocycles. The van der Waals surface area contributed by atoms with Crippen molar-refractivity contribution in [2.75, 3.05) is 53.2 Å². The molecule has 0 heterocycles. The second-order valence-corrected chi connectivity index (χ2v) is 21.9. The van der Waals surface area contributed by atoms with Crippen LogP contribution in [0.3, 0.4) is 0 Å². The largest absolute Gasteiger partial charge is 0.494 e. The van der Waals surface area contributed by atoms with E-state index in [1.54, 1.807) is 0 Å². The molecule has 0 aliphatic carbocycles. The number of unbranched alkanes of at least 4 members (excludes halogenated alkanes) is 40. The van der Waals surface area contributed by atoms with Crippen LogP contribution in [0.4, 0.5) is 0 Å². The van der Waals surface area contributed by atoms with E-state index in [0.717, 1.165) is 87.6 Å². The fourth-order valence-electron chi connectivity index (χ4n) is 9.62. The standard InChI is InChI=1S/C66H130O7/c1-7-13-19-25-31-33-35-37-39-41-47-53-63(70-55-49-43-27-21-15-9-3)65(72-57-51-45-29-23-17-11-5)59-67-61-69-62-68-60-66(73-58-52-46-30-24-18-12-6)64(71-56-50-44-28-22-16-10-4)54-48-42-40-38-36-34-32-26-20-14-8-2/h7-62H2,1-6H3. The Morgan fingerprint density at radius 1 is 0.192 bits per heavy atom. The minimum absolute atomic E-state index is 0.130. The molecule has 0 bridgehead atoms. The molecule has 0 aliphatic heterocycles. The van der Waals surface area contributed by atoms with E-state index in [-0.39, 0.29) is 13.6 Å². The van der Waals surface area contributed by atoms with Crippen LogP contribution in [0.15, 0.2) is 23.0 Å². The highest BCUT2D eigenvalue weighted by molar-refractivity contribution is 5.03. The molecule has 0 aliphatic rings. The Bertz CT molecular complexity index is 1020. The van der Waals surface area contributed by atoms with E-state index < -0.39 is 0 Å². The molecule has 0 unspecified atom stereocenters. The lowest BCUT2D eigenvalue weighted by Gasteiger charge is -2.19. The number of rotatable bonds is 64. The first-order valence-corrected chi connectivity index (χ1v) is 32.9. The lowest BCUT2D eigenvalue weighted by molar-refractivity contribution is -0.132. The summed E-state index contributed by atoms with van der Waals surface area (Å²) in [7, 11) is 0. The van der Waals surface area contributed by atoms with E-state index in [1.807, 2.05) is 0 Å². The van der Waals surface area contributed by atoms with E-state index in [9.17, 15) is 0 Å². The molecule has 436 valence electrons. The monoisotopic (exact) mass is 1030 g/mol. The van der Waals surface area contributed by atoms with E-state index in [1.165, 1.54) is 257 Å². The van der Waals surface area contributed by atoms with Crippen LogP contribution >= 0.6 is 0 Å². The molecule has 0 fully saturated rings. The summed E-state index contributed by atoms with van der Waals surface area (Å²) >= 11 is 0. The fourth-order valence-corrected chi connectivity index (χ4v) is 9.62. The van der Waals surface area contributed by atoms with Crippen LogP contribution in [0.1, 0.15) is 350 Å². The Kier molecular flexibility index (Phi) is 61.9. The van der Waals surface area contributed by atoms with Crippen LogP contribution in [0, 0.1) is 0 Å². The Labute approximate surface area is 457 Å². The summed E-state index contributed by atoms with van der Waals surface area (Å²) in [5.41, 5.74) is 0. The van der Waals surface area contributed by atoms with Gasteiger partial charge in [-0.25, -0.2) is 0 Å². The third kappa shape index (κ3) is 53.7. The van der Waals surface area contributed by atoms with Crippen LogP contribution in [0.5, 0.6) is 0 Å². The summed E-state index contributed by atoms with van der Waals surface area (Å²) in [5, 5.41) is 0. The molecule has 0 rings (SSSR count). The summed E-state index contributed by atoms with van der Waals surface area (Å²) in [5.74, 6) is 3.71. The third-order valence-electron chi connectivity index (χ3n) is 14.5. The van der Waals surface area contributed by atoms with Gasteiger partial charge < -0.3 is 33.2 Å². The topological polar surface area (TPSA) is 64.6 Å². The van der Waals surface area contributed by atoms with Crippen LogP contribution in [-0.2, 0) is 33.2 Å². The Morgan fingerprint density at radius 2 is 0.384 bits per heavy atom. The second-order valence-electron chi connectivity index (χ2n) is 21.9. The second kappa shape index (κ2) is 63.1. The van der Waals surface area contributed by atoms with Gasteiger partial charge in [0.2, 0.25) is 0 Å². The van der Waals surface area contributed by atoms with E-state index in [4.69, 9.17) is 33.2 Å². The van der Waals surface area contributed by atoms with E-state index in [0.29, 0.717) is 26.4 Å². The molecule has 73 heavy (non-hydrogen) atoms. The Hall–Kier alpha value is -1.44. The van der Waals surface area contributed by atoms with Crippen molar-refractivity contribution in [3.8, 4) is 0 Å². The number of allylic oxidation sites excluding steroid dienone is 2. The molecule has 0 N–H and O–H groups in total. The highest BCUT2D eigenvalue weighted by Gasteiger charge is 2.15. The average molecular weight is 1040 g/mol. The van der Waals surface area contributed by atoms with Gasteiger partial charge in [0.05, 0.1) is 26.4 Å². The molecule has 0 saturated heterocycles. The van der Waals surface area contributed by atoms with Crippen molar-refractivity contribution in [1.29, 1.82) is 0 Å². The molecular formula is C66H130O7. The maximum atomic E-state index is 6.63. The van der Waals surface area contributed by atoms with Gasteiger partial charge in [-0.1, -0.05) is 298 Å². The van der Waals surface area contributed by atoms with Crippen LogP contribution in [0.2, 0.25) is 0 Å². The van der Waals surface area contributed by atoms with Crippen molar-refractivity contribution >= 4 is 0 Å². The maximum absolute atomic E-state index is 6.63. The molecule has 0 aromatic carbocycles. The number of hydrogen-bond donors (Lipinski definition) is 0. The first-order chi connectivity index (χ1) is 36.2. The molecule has 7 heteroatoms. The molecule has 0 radical (unpaired) electrons. The lowest BCUT2D eigenvalue weighted by Crippen LogP contribution is -2.14. The van der Waals surface area contributed by atoms with Gasteiger partial charge in [-0.05, 0) is 38.5 Å². The normalized spacial score (nSPS) is 12.4. The zero-order chi connectivity index (χ0) is 52.9. The van der Waals surface area contributed by atoms with E-state index >= 15 is 0 Å². The van der Waals surface area contributed by atoms with E-state index in [2.05, 4.69) is 41.5 Å². The van der Waals surface area contributed by atoms with Gasteiger partial charge in [-0.3, -0.25) is 0 Å². The van der Waals surface area contributed by atoms with Crippen LogP contribution in [-0.4, -0.2) is 53.2 Å². The Morgan fingerprint density at radius 3 is 0.616 bits per heavy atom. The van der Waals surface area contributed by atoms with Crippen molar-refractivity contribution in [2.24, 2.45) is 0 Å². The molecule has 0 aromatic rings. The number of hydrogen-bond acceptors (Lipinski definition) is 7. The minimum Gasteiger partial charge on any atom is -0.494 e. The quantitative estimate of drug-likeness (QED) is 0.0342. The molecule has 0 amide bonds. The minimum atomic E-state index is 0.130. The van der Waals surface area contributed by atoms with Crippen LogP contribution in [0.25, 0.3) is 0 Å². The first kappa shape index (κ1) is 71.6. The zero-order valence-corrected chi connectivity index (χ0v) is 50.5. The Balaban J connectivity index is 5.75. The van der Waals surface area contributed by atoms with Gasteiger partial charge in [0.25, 0.3) is 0 Å². The summed E-state index contributed by atoms with van der Waals surface area (Å²) < 4.78 is 44.9. The molecule has 7 nitrogen and oxygen atoms in total. The fraction of sp³-hybridized carbons (Fsp3) is 0.939. The summed E-state index contributed by atoms with van der Waals surface area (Å²) in [4.78, 5) is 0. The molecular weight excluding hydrogens is 905 g/mol. The predicted octanol–water partition coefficient (Wildman–Crippen LogP) is 22.3. The highest BCUT2D eigenvalue weighted by atomic mass is 16.7. The van der Waals surface area contributed by atoms with Crippen molar-refractivity contribution in [1.82, 2.24) is 0 Å². The van der Waals surface area contributed by atoms with Gasteiger partial charge in [-0.15, -0.1) is 0 Å². The first-order valence-electron chi connectivity index (χ1n) is 32.9. The predicted molar refractivity (Wildman–Crippen MR) is 316 cm³/mol. The summed E-state index contributed by atoms with van der Waals surface area (Å²) in [6.07, 6.45) is 61.0. The summed E-state index contributed by atoms with van der Waals surface area (Å²) in [6, 6.07) is 0. The van der Waals surface area contributed by atoms with Crippen LogP contribution < -0.4 is 0 Å². The number of ether oxygens (including phenoxy) is 7. The van der Waals surface area contributed by atoms with Gasteiger partial charge >= 0.3 is 0 Å². The smallest absolute Gasteiger partial charge is 0.159 e. The van der Waals surface area contributed by atoms with Crippen molar-refractivity contribution < 1.29 is 33.2 Å². The van der Waals surface area contributed by atoms with Gasteiger partial charge in [0.1, 0.15) is 38.3 Å². The zero-order valence-electron chi connectivity index (χ0n) is 50.5. The lowest BCUT2D eigenvalue weighted by atomic mass is 10.0.